The molecule has 0 radical (unpaired) electrons. The fraction of sp³-hybridized carbons (Fsp3) is 0. The summed E-state index contributed by atoms with van der Waals surface area (Å²) in [7, 11) is 0. The number of rotatable bonds is 5. The van der Waals surface area contributed by atoms with E-state index < -0.39 is 0 Å². The minimum atomic E-state index is 0.554. The lowest BCUT2D eigenvalue weighted by molar-refractivity contribution is 0.668. The second-order valence-corrected chi connectivity index (χ2v) is 14.5. The predicted octanol–water partition coefficient (Wildman–Crippen LogP) is 13.0. The van der Waals surface area contributed by atoms with Gasteiger partial charge >= 0.3 is 0 Å². The van der Waals surface area contributed by atoms with Crippen molar-refractivity contribution < 1.29 is 4.42 Å². The van der Waals surface area contributed by atoms with Gasteiger partial charge < -0.3 is 8.98 Å². The van der Waals surface area contributed by atoms with Crippen molar-refractivity contribution in [1.29, 1.82) is 0 Å². The molecule has 0 saturated heterocycles. The maximum absolute atomic E-state index is 6.67. The van der Waals surface area contributed by atoms with Gasteiger partial charge in [0.25, 0.3) is 0 Å². The Morgan fingerprint density at radius 2 is 0.825 bits per heavy atom. The molecule has 0 aliphatic carbocycles. The van der Waals surface area contributed by atoms with Crippen LogP contribution in [0.3, 0.4) is 0 Å². The van der Waals surface area contributed by atoms with Gasteiger partial charge in [0.15, 0.2) is 11.6 Å². The molecule has 0 aliphatic rings. The lowest BCUT2D eigenvalue weighted by Crippen LogP contribution is -2.06. The summed E-state index contributed by atoms with van der Waals surface area (Å²) in [4.78, 5) is 15.4. The largest absolute Gasteiger partial charge is 0.456 e. The zero-order chi connectivity index (χ0) is 37.5. The summed E-state index contributed by atoms with van der Waals surface area (Å²) in [5.41, 5.74) is 11.1. The molecule has 0 amide bonds. The summed E-state index contributed by atoms with van der Waals surface area (Å²) in [6.07, 6.45) is 0. The van der Waals surface area contributed by atoms with Gasteiger partial charge in [0.05, 0.1) is 22.1 Å². The van der Waals surface area contributed by atoms with E-state index in [4.69, 9.17) is 19.4 Å². The van der Waals surface area contributed by atoms with Gasteiger partial charge in [0.1, 0.15) is 11.2 Å². The Morgan fingerprint density at radius 3 is 1.51 bits per heavy atom. The molecular formula is C51H31N5O. The Balaban J connectivity index is 1.03. The zero-order valence-corrected chi connectivity index (χ0v) is 30.5. The minimum Gasteiger partial charge on any atom is -0.456 e. The number of hydrogen-bond acceptors (Lipinski definition) is 4. The van der Waals surface area contributed by atoms with Crippen molar-refractivity contribution in [2.75, 3.05) is 0 Å². The summed E-state index contributed by atoms with van der Waals surface area (Å²) in [6, 6.07) is 65.6. The first-order chi connectivity index (χ1) is 28.2. The first kappa shape index (κ1) is 31.5. The lowest BCUT2D eigenvalue weighted by Gasteiger charge is -2.11. The molecule has 4 aromatic heterocycles. The van der Waals surface area contributed by atoms with Gasteiger partial charge in [-0.2, -0.15) is 9.97 Å². The van der Waals surface area contributed by atoms with Crippen molar-refractivity contribution in [2.45, 2.75) is 0 Å². The SMILES string of the molecule is c1ccc(-c2ccc3c(c2)c2ccccc2n3-c2nc(-c3ccccc3)nc(-c3ccc4c(c3)oc3cc(-n5c6ccccc6c6ccccc65)ccc34)n2)cc1. The highest BCUT2D eigenvalue weighted by Crippen LogP contribution is 2.38. The van der Waals surface area contributed by atoms with E-state index in [1.54, 1.807) is 0 Å². The Labute approximate surface area is 326 Å². The van der Waals surface area contributed by atoms with Gasteiger partial charge in [0, 0.05) is 55.2 Å². The van der Waals surface area contributed by atoms with Gasteiger partial charge in [-0.15, -0.1) is 0 Å². The second-order valence-electron chi connectivity index (χ2n) is 14.5. The van der Waals surface area contributed by atoms with E-state index in [0.717, 1.165) is 77.2 Å². The summed E-state index contributed by atoms with van der Waals surface area (Å²) in [5.74, 6) is 1.72. The molecule has 0 aliphatic heterocycles. The average Bonchev–Trinajstić information content (AvgIpc) is 3.93. The summed E-state index contributed by atoms with van der Waals surface area (Å²) < 4.78 is 11.1. The van der Waals surface area contributed by atoms with Crippen LogP contribution in [0, 0.1) is 0 Å². The molecule has 12 rings (SSSR count). The van der Waals surface area contributed by atoms with Gasteiger partial charge in [0.2, 0.25) is 5.95 Å². The predicted molar refractivity (Wildman–Crippen MR) is 232 cm³/mol. The monoisotopic (exact) mass is 729 g/mol. The fourth-order valence-corrected chi connectivity index (χ4v) is 8.55. The lowest BCUT2D eigenvalue weighted by atomic mass is 10.0. The van der Waals surface area contributed by atoms with Crippen LogP contribution in [0.4, 0.5) is 0 Å². The average molecular weight is 730 g/mol. The van der Waals surface area contributed by atoms with E-state index >= 15 is 0 Å². The molecule has 0 fully saturated rings. The molecule has 12 aromatic rings. The molecule has 0 bridgehead atoms. The molecule has 0 N–H and O–H groups in total. The van der Waals surface area contributed by atoms with Crippen LogP contribution in [0.5, 0.6) is 0 Å². The maximum Gasteiger partial charge on any atom is 0.238 e. The zero-order valence-electron chi connectivity index (χ0n) is 30.5. The van der Waals surface area contributed by atoms with Crippen LogP contribution >= 0.6 is 0 Å². The van der Waals surface area contributed by atoms with Crippen LogP contribution in [-0.4, -0.2) is 24.1 Å². The number of aromatic nitrogens is 5. The van der Waals surface area contributed by atoms with Crippen molar-refractivity contribution in [1.82, 2.24) is 24.1 Å². The maximum atomic E-state index is 6.67. The molecule has 4 heterocycles. The molecule has 266 valence electrons. The Morgan fingerprint density at radius 1 is 0.316 bits per heavy atom. The molecular weight excluding hydrogens is 699 g/mol. The quantitative estimate of drug-likeness (QED) is 0.177. The van der Waals surface area contributed by atoms with E-state index in [2.05, 4.69) is 161 Å². The van der Waals surface area contributed by atoms with Crippen molar-refractivity contribution in [3.8, 4) is 45.5 Å². The topological polar surface area (TPSA) is 61.7 Å². The fourth-order valence-electron chi connectivity index (χ4n) is 8.55. The molecule has 6 nitrogen and oxygen atoms in total. The highest BCUT2D eigenvalue weighted by atomic mass is 16.3. The van der Waals surface area contributed by atoms with Crippen molar-refractivity contribution >= 4 is 65.6 Å². The van der Waals surface area contributed by atoms with E-state index in [1.165, 1.54) is 16.3 Å². The number of para-hydroxylation sites is 3. The van der Waals surface area contributed by atoms with Crippen LogP contribution in [0.15, 0.2) is 192 Å². The molecule has 6 heteroatoms. The first-order valence-electron chi connectivity index (χ1n) is 19.1. The molecule has 0 atom stereocenters. The number of hydrogen-bond donors (Lipinski definition) is 0. The third-order valence-electron chi connectivity index (χ3n) is 11.2. The number of nitrogens with zero attached hydrogens (tertiary/aromatic N) is 5. The van der Waals surface area contributed by atoms with Crippen LogP contribution in [0.2, 0.25) is 0 Å². The highest BCUT2D eigenvalue weighted by molar-refractivity contribution is 6.11. The van der Waals surface area contributed by atoms with Gasteiger partial charge in [-0.25, -0.2) is 4.98 Å². The third kappa shape index (κ3) is 4.94. The van der Waals surface area contributed by atoms with Crippen molar-refractivity contribution in [3.05, 3.63) is 188 Å². The first-order valence-corrected chi connectivity index (χ1v) is 19.1. The molecule has 8 aromatic carbocycles. The summed E-state index contributed by atoms with van der Waals surface area (Å²) in [6.45, 7) is 0. The van der Waals surface area contributed by atoms with E-state index in [1.807, 2.05) is 36.4 Å². The van der Waals surface area contributed by atoms with Gasteiger partial charge in [-0.1, -0.05) is 127 Å². The third-order valence-corrected chi connectivity index (χ3v) is 11.2. The minimum absolute atomic E-state index is 0.554. The Bertz CT molecular complexity index is 3470. The molecule has 0 saturated carbocycles. The number of furan rings is 1. The molecule has 0 unspecified atom stereocenters. The molecule has 0 spiro atoms. The van der Waals surface area contributed by atoms with Gasteiger partial charge in [-0.3, -0.25) is 4.57 Å². The summed E-state index contributed by atoms with van der Waals surface area (Å²) >= 11 is 0. The van der Waals surface area contributed by atoms with E-state index in [0.29, 0.717) is 17.6 Å². The second kappa shape index (κ2) is 12.3. The molecule has 57 heavy (non-hydrogen) atoms. The number of benzene rings is 8. The van der Waals surface area contributed by atoms with Crippen LogP contribution in [0.25, 0.3) is 111 Å². The summed E-state index contributed by atoms with van der Waals surface area (Å²) in [5, 5.41) is 6.83. The Hall–Kier alpha value is -7.83. The van der Waals surface area contributed by atoms with Gasteiger partial charge in [-0.05, 0) is 65.7 Å². The smallest absolute Gasteiger partial charge is 0.238 e. The highest BCUT2D eigenvalue weighted by Gasteiger charge is 2.20. The van der Waals surface area contributed by atoms with Crippen LogP contribution < -0.4 is 0 Å². The van der Waals surface area contributed by atoms with E-state index in [-0.39, 0.29) is 0 Å². The normalized spacial score (nSPS) is 11.9. The standard InChI is InChI=1S/C51H31N5O/c1-3-13-32(14-4-1)34-24-28-46-42(29-34)39-19-9-12-22-45(39)56(46)51-53-49(33-15-5-2-6-16-33)52-50(54-51)35-23-26-40-41-27-25-36(31-48(41)57-47(40)30-35)55-43-20-10-7-17-37(43)38-18-8-11-21-44(38)55/h1-31H. The number of fused-ring (bicyclic) bond motifs is 9. The van der Waals surface area contributed by atoms with Crippen LogP contribution in [0.1, 0.15) is 0 Å². The van der Waals surface area contributed by atoms with Crippen LogP contribution in [-0.2, 0) is 0 Å². The van der Waals surface area contributed by atoms with Crippen molar-refractivity contribution in [2.24, 2.45) is 0 Å². The van der Waals surface area contributed by atoms with E-state index in [9.17, 15) is 0 Å². The van der Waals surface area contributed by atoms with Crippen molar-refractivity contribution in [3.63, 3.8) is 0 Å². The Kier molecular flexibility index (Phi) is 6.83.